The number of amides is 2. The van der Waals surface area contributed by atoms with E-state index in [1.807, 2.05) is 0 Å². The molecule has 0 spiro atoms. The third-order valence-corrected chi connectivity index (χ3v) is 3.29. The summed E-state index contributed by atoms with van der Waals surface area (Å²) in [6, 6.07) is -0.254. The van der Waals surface area contributed by atoms with Gasteiger partial charge in [-0.25, -0.2) is 13.6 Å². The highest BCUT2D eigenvalue weighted by molar-refractivity contribution is 5.74. The van der Waals surface area contributed by atoms with Gasteiger partial charge in [-0.05, 0) is 12.8 Å². The summed E-state index contributed by atoms with van der Waals surface area (Å²) in [4.78, 5) is 13.1. The summed E-state index contributed by atoms with van der Waals surface area (Å²) in [5.74, 6) is -2.61. The van der Waals surface area contributed by atoms with E-state index in [0.29, 0.717) is 6.54 Å². The van der Waals surface area contributed by atoms with Crippen LogP contribution in [-0.4, -0.2) is 49.2 Å². The number of carbonyl (C=O) groups is 1. The minimum absolute atomic E-state index is 0.0881. The highest BCUT2D eigenvalue weighted by Gasteiger charge is 2.35. The van der Waals surface area contributed by atoms with Crippen molar-refractivity contribution >= 4 is 6.03 Å². The molecule has 1 N–H and O–H groups in total. The van der Waals surface area contributed by atoms with Crippen LogP contribution in [0.25, 0.3) is 0 Å². The molecule has 2 fully saturated rings. The number of alkyl halides is 2. The van der Waals surface area contributed by atoms with E-state index in [9.17, 15) is 13.6 Å². The van der Waals surface area contributed by atoms with Gasteiger partial charge < -0.3 is 15.0 Å². The summed E-state index contributed by atoms with van der Waals surface area (Å²) in [5, 5.41) is 2.74. The summed E-state index contributed by atoms with van der Waals surface area (Å²) in [5.41, 5.74) is 0. The second-order valence-electron chi connectivity index (χ2n) is 4.66. The molecular weight excluding hydrogens is 230 g/mol. The zero-order chi connectivity index (χ0) is 12.3. The zero-order valence-corrected chi connectivity index (χ0v) is 9.75. The van der Waals surface area contributed by atoms with Crippen molar-refractivity contribution in [3.8, 4) is 0 Å². The predicted molar refractivity (Wildman–Crippen MR) is 58.1 cm³/mol. The zero-order valence-electron chi connectivity index (χ0n) is 9.75. The summed E-state index contributed by atoms with van der Waals surface area (Å²) in [6.07, 6.45) is 1.60. The summed E-state index contributed by atoms with van der Waals surface area (Å²) < 4.78 is 31.2. The highest BCUT2D eigenvalue weighted by atomic mass is 19.3. The van der Waals surface area contributed by atoms with E-state index >= 15 is 0 Å². The quantitative estimate of drug-likeness (QED) is 0.806. The second-order valence-corrected chi connectivity index (χ2v) is 4.66. The summed E-state index contributed by atoms with van der Waals surface area (Å²) >= 11 is 0. The number of piperidine rings is 1. The molecule has 0 saturated carbocycles. The predicted octanol–water partition coefficient (Wildman–Crippen LogP) is 1.61. The van der Waals surface area contributed by atoms with Gasteiger partial charge in [0.05, 0.1) is 6.10 Å². The van der Waals surface area contributed by atoms with Crippen molar-refractivity contribution in [2.75, 3.05) is 26.2 Å². The number of halogens is 2. The van der Waals surface area contributed by atoms with Crippen LogP contribution in [0.1, 0.15) is 25.7 Å². The SMILES string of the molecule is O=C(NCC1CCCO1)N1CCC(F)(F)CC1. The molecule has 1 atom stereocenters. The minimum atomic E-state index is -2.61. The Morgan fingerprint density at radius 1 is 1.41 bits per heavy atom. The van der Waals surface area contributed by atoms with E-state index in [0.717, 1.165) is 19.4 Å². The third kappa shape index (κ3) is 3.52. The van der Waals surface area contributed by atoms with Crippen LogP contribution < -0.4 is 5.32 Å². The van der Waals surface area contributed by atoms with Gasteiger partial charge in [-0.3, -0.25) is 0 Å². The summed E-state index contributed by atoms with van der Waals surface area (Å²) in [6.45, 7) is 1.48. The molecule has 98 valence electrons. The maximum atomic E-state index is 12.9. The van der Waals surface area contributed by atoms with Crippen molar-refractivity contribution in [2.24, 2.45) is 0 Å². The Bertz CT molecular complexity index is 271. The molecule has 0 radical (unpaired) electrons. The Kier molecular flexibility index (Phi) is 3.81. The van der Waals surface area contributed by atoms with Crippen LogP contribution in [0.15, 0.2) is 0 Å². The highest BCUT2D eigenvalue weighted by Crippen LogP contribution is 2.27. The first-order valence-electron chi connectivity index (χ1n) is 6.09. The molecule has 2 rings (SSSR count). The van der Waals surface area contributed by atoms with Crippen LogP contribution in [0.3, 0.4) is 0 Å². The van der Waals surface area contributed by atoms with E-state index < -0.39 is 5.92 Å². The molecule has 4 nitrogen and oxygen atoms in total. The van der Waals surface area contributed by atoms with Crippen molar-refractivity contribution in [1.29, 1.82) is 0 Å². The average Bonchev–Trinajstić information content (AvgIpc) is 2.78. The lowest BCUT2D eigenvalue weighted by molar-refractivity contribution is -0.0471. The number of nitrogens with zero attached hydrogens (tertiary/aromatic N) is 1. The van der Waals surface area contributed by atoms with Crippen molar-refractivity contribution in [3.63, 3.8) is 0 Å². The van der Waals surface area contributed by atoms with Crippen LogP contribution >= 0.6 is 0 Å². The molecule has 0 bridgehead atoms. The molecule has 0 aromatic heterocycles. The van der Waals surface area contributed by atoms with Gasteiger partial charge in [0, 0.05) is 39.1 Å². The van der Waals surface area contributed by atoms with Crippen molar-refractivity contribution in [2.45, 2.75) is 37.7 Å². The van der Waals surface area contributed by atoms with Gasteiger partial charge in [0.25, 0.3) is 5.92 Å². The van der Waals surface area contributed by atoms with E-state index in [1.54, 1.807) is 0 Å². The topological polar surface area (TPSA) is 41.6 Å². The first kappa shape index (κ1) is 12.5. The van der Waals surface area contributed by atoms with E-state index in [4.69, 9.17) is 4.74 Å². The molecule has 0 aromatic rings. The fourth-order valence-corrected chi connectivity index (χ4v) is 2.16. The van der Waals surface area contributed by atoms with Crippen molar-refractivity contribution in [3.05, 3.63) is 0 Å². The van der Waals surface area contributed by atoms with Gasteiger partial charge in [0.15, 0.2) is 0 Å². The fourth-order valence-electron chi connectivity index (χ4n) is 2.16. The molecule has 2 aliphatic rings. The first-order chi connectivity index (χ1) is 8.07. The Balaban J connectivity index is 1.69. The first-order valence-corrected chi connectivity index (χ1v) is 6.09. The molecule has 0 aromatic carbocycles. The molecule has 2 amide bonds. The van der Waals surface area contributed by atoms with E-state index in [1.165, 1.54) is 4.90 Å². The molecule has 0 aliphatic carbocycles. The van der Waals surface area contributed by atoms with Gasteiger partial charge in [0.2, 0.25) is 0 Å². The normalized spacial score (nSPS) is 28.1. The fraction of sp³-hybridized carbons (Fsp3) is 0.909. The van der Waals surface area contributed by atoms with E-state index in [2.05, 4.69) is 5.32 Å². The Labute approximate surface area is 99.3 Å². The number of ether oxygens (including phenoxy) is 1. The maximum Gasteiger partial charge on any atom is 0.317 e. The molecule has 2 saturated heterocycles. The molecule has 6 heteroatoms. The third-order valence-electron chi connectivity index (χ3n) is 3.29. The smallest absolute Gasteiger partial charge is 0.317 e. The number of nitrogens with one attached hydrogen (secondary N) is 1. The Morgan fingerprint density at radius 2 is 2.12 bits per heavy atom. The molecule has 1 unspecified atom stereocenters. The second kappa shape index (κ2) is 5.16. The largest absolute Gasteiger partial charge is 0.376 e. The molecule has 17 heavy (non-hydrogen) atoms. The average molecular weight is 248 g/mol. The van der Waals surface area contributed by atoms with Gasteiger partial charge in [-0.2, -0.15) is 0 Å². The summed E-state index contributed by atoms with van der Waals surface area (Å²) in [7, 11) is 0. The van der Waals surface area contributed by atoms with Gasteiger partial charge >= 0.3 is 6.03 Å². The Hall–Kier alpha value is -0.910. The van der Waals surface area contributed by atoms with Crippen LogP contribution in [0.4, 0.5) is 13.6 Å². The number of rotatable bonds is 2. The minimum Gasteiger partial charge on any atom is -0.376 e. The molecular formula is C11H18F2N2O2. The molecule has 2 heterocycles. The van der Waals surface area contributed by atoms with Crippen LogP contribution in [0.5, 0.6) is 0 Å². The number of carbonyl (C=O) groups excluding carboxylic acids is 1. The van der Waals surface area contributed by atoms with E-state index in [-0.39, 0.29) is 38.1 Å². The van der Waals surface area contributed by atoms with Crippen LogP contribution in [0, 0.1) is 0 Å². The van der Waals surface area contributed by atoms with Crippen LogP contribution in [-0.2, 0) is 4.74 Å². The van der Waals surface area contributed by atoms with Gasteiger partial charge in [0.1, 0.15) is 0 Å². The lowest BCUT2D eigenvalue weighted by Gasteiger charge is -2.31. The van der Waals surface area contributed by atoms with Crippen LogP contribution in [0.2, 0.25) is 0 Å². The number of hydrogen-bond acceptors (Lipinski definition) is 2. The van der Waals surface area contributed by atoms with Crippen molar-refractivity contribution in [1.82, 2.24) is 10.2 Å². The lowest BCUT2D eigenvalue weighted by atomic mass is 10.1. The van der Waals surface area contributed by atoms with Crippen molar-refractivity contribution < 1.29 is 18.3 Å². The maximum absolute atomic E-state index is 12.9. The van der Waals surface area contributed by atoms with Gasteiger partial charge in [-0.15, -0.1) is 0 Å². The molecule has 2 aliphatic heterocycles. The standard InChI is InChI=1S/C11H18F2N2O2/c12-11(13)3-5-15(6-4-11)10(16)14-8-9-2-1-7-17-9/h9H,1-8H2,(H,14,16). The van der Waals surface area contributed by atoms with Gasteiger partial charge in [-0.1, -0.05) is 0 Å². The number of likely N-dealkylation sites (tertiary alicyclic amines) is 1. The number of urea groups is 1. The number of hydrogen-bond donors (Lipinski definition) is 1. The lowest BCUT2D eigenvalue weighted by Crippen LogP contribution is -2.48. The Morgan fingerprint density at radius 3 is 2.71 bits per heavy atom. The monoisotopic (exact) mass is 248 g/mol.